The Balaban J connectivity index is 1.59. The number of nitrogens with zero attached hydrogens (tertiary/aromatic N) is 6. The maximum absolute atomic E-state index is 6.36. The minimum Gasteiger partial charge on any atom is -0.297 e. The van der Waals surface area contributed by atoms with E-state index in [-0.39, 0.29) is 6.04 Å². The van der Waals surface area contributed by atoms with E-state index in [0.717, 1.165) is 72.4 Å². The molecule has 1 atom stereocenters. The van der Waals surface area contributed by atoms with Gasteiger partial charge in [0.15, 0.2) is 5.82 Å². The second-order valence-corrected chi connectivity index (χ2v) is 10.2. The van der Waals surface area contributed by atoms with Gasteiger partial charge in [0.1, 0.15) is 0 Å². The van der Waals surface area contributed by atoms with Gasteiger partial charge < -0.3 is 0 Å². The zero-order valence-electron chi connectivity index (χ0n) is 22.6. The van der Waals surface area contributed by atoms with Gasteiger partial charge in [-0.05, 0) is 60.4 Å². The molecular formula is C31H37ClN6. The number of hydrogen-bond donors (Lipinski definition) is 0. The zero-order chi connectivity index (χ0) is 26.9. The normalized spacial score (nSPS) is 18.2. The molecule has 7 heteroatoms. The molecule has 2 aliphatic rings. The van der Waals surface area contributed by atoms with Gasteiger partial charge >= 0.3 is 0 Å². The highest BCUT2D eigenvalue weighted by Crippen LogP contribution is 2.33. The highest BCUT2D eigenvalue weighted by molar-refractivity contribution is 6.31. The molecule has 0 N–H and O–H groups in total. The fourth-order valence-corrected chi connectivity index (χ4v) is 5.16. The van der Waals surface area contributed by atoms with Crippen molar-refractivity contribution in [1.29, 1.82) is 0 Å². The fourth-order valence-electron chi connectivity index (χ4n) is 5.00. The zero-order valence-corrected chi connectivity index (χ0v) is 23.3. The van der Waals surface area contributed by atoms with Gasteiger partial charge in [-0.25, -0.2) is 0 Å². The van der Waals surface area contributed by atoms with Gasteiger partial charge in [0.2, 0.25) is 0 Å². The number of benzene rings is 1. The molecule has 0 saturated carbocycles. The van der Waals surface area contributed by atoms with Crippen LogP contribution < -0.4 is 0 Å². The van der Waals surface area contributed by atoms with Gasteiger partial charge in [-0.15, -0.1) is 5.10 Å². The number of halogens is 1. The molecule has 0 spiro atoms. The molecule has 1 aromatic heterocycles. The Morgan fingerprint density at radius 3 is 2.53 bits per heavy atom. The largest absolute Gasteiger partial charge is 0.297 e. The average Bonchev–Trinajstić information content (AvgIpc) is 3.26. The highest BCUT2D eigenvalue weighted by Gasteiger charge is 2.32. The molecule has 1 aromatic carbocycles. The first-order chi connectivity index (χ1) is 18.5. The van der Waals surface area contributed by atoms with E-state index in [0.29, 0.717) is 0 Å². The Hall–Kier alpha value is -3.32. The van der Waals surface area contributed by atoms with E-state index >= 15 is 0 Å². The molecule has 6 nitrogen and oxygen atoms in total. The van der Waals surface area contributed by atoms with Crippen molar-refractivity contribution < 1.29 is 0 Å². The van der Waals surface area contributed by atoms with Crippen LogP contribution in [-0.2, 0) is 0 Å². The number of rotatable bonds is 9. The molecule has 0 radical (unpaired) electrons. The van der Waals surface area contributed by atoms with E-state index < -0.39 is 0 Å². The van der Waals surface area contributed by atoms with E-state index in [4.69, 9.17) is 11.6 Å². The highest BCUT2D eigenvalue weighted by atomic mass is 35.5. The second-order valence-electron chi connectivity index (χ2n) is 9.80. The van der Waals surface area contributed by atoms with Gasteiger partial charge in [-0.1, -0.05) is 96.6 Å². The van der Waals surface area contributed by atoms with Crippen molar-refractivity contribution in [3.05, 3.63) is 113 Å². The molecule has 0 bridgehead atoms. The Kier molecular flexibility index (Phi) is 9.82. The third kappa shape index (κ3) is 6.95. The molecule has 1 saturated heterocycles. The summed E-state index contributed by atoms with van der Waals surface area (Å²) in [5, 5.41) is 13.9. The minimum absolute atomic E-state index is 0.0925. The van der Waals surface area contributed by atoms with Gasteiger partial charge in [0.25, 0.3) is 0 Å². The Bertz CT molecular complexity index is 1280. The molecule has 1 aliphatic heterocycles. The Morgan fingerprint density at radius 1 is 1.05 bits per heavy atom. The third-order valence-electron chi connectivity index (χ3n) is 6.83. The van der Waals surface area contributed by atoms with Crippen molar-refractivity contribution in [3.8, 4) is 0 Å². The average molecular weight is 529 g/mol. The second kappa shape index (κ2) is 13.5. The maximum atomic E-state index is 6.36. The number of piperazine rings is 1. The lowest BCUT2D eigenvalue weighted by molar-refractivity contribution is 0.113. The molecule has 1 aliphatic carbocycles. The molecule has 1 fully saturated rings. The summed E-state index contributed by atoms with van der Waals surface area (Å²) >= 11 is 6.36. The van der Waals surface area contributed by atoms with Crippen molar-refractivity contribution >= 4 is 23.4 Å². The monoisotopic (exact) mass is 528 g/mol. The van der Waals surface area contributed by atoms with Crippen LogP contribution in [0.15, 0.2) is 101 Å². The topological polar surface area (TPSA) is 50.1 Å². The van der Waals surface area contributed by atoms with Crippen molar-refractivity contribution in [2.24, 2.45) is 0 Å². The summed E-state index contributed by atoms with van der Waals surface area (Å²) in [5.41, 5.74) is 5.58. The molecule has 0 unspecified atom stereocenters. The molecule has 2 aromatic rings. The number of hydrogen-bond acceptors (Lipinski definition) is 5. The summed E-state index contributed by atoms with van der Waals surface area (Å²) in [6.45, 7) is 14.8. The van der Waals surface area contributed by atoms with Crippen LogP contribution in [-0.4, -0.2) is 62.7 Å². The van der Waals surface area contributed by atoms with Gasteiger partial charge in [-0.3, -0.25) is 9.80 Å². The fraction of sp³-hybridized carbons (Fsp3) is 0.323. The lowest BCUT2D eigenvalue weighted by atomic mass is 10.0. The van der Waals surface area contributed by atoms with E-state index in [2.05, 4.69) is 101 Å². The maximum Gasteiger partial charge on any atom is 0.178 e. The summed E-state index contributed by atoms with van der Waals surface area (Å²) in [5.74, 6) is 0.810. The SMILES string of the molecule is C=C/C=C(/C)C(=C(C)C)n1nnnc1[C@@H](C1=CCC=C(Cl)C=C1)N1CCN(C/C=C/c2ccccc2)CC1. The molecule has 2 heterocycles. The van der Waals surface area contributed by atoms with Crippen molar-refractivity contribution in [1.82, 2.24) is 30.0 Å². The van der Waals surface area contributed by atoms with Crippen LogP contribution in [0.25, 0.3) is 11.8 Å². The molecule has 198 valence electrons. The lowest BCUT2D eigenvalue weighted by Gasteiger charge is -2.39. The lowest BCUT2D eigenvalue weighted by Crippen LogP contribution is -2.48. The van der Waals surface area contributed by atoms with Crippen LogP contribution in [0.5, 0.6) is 0 Å². The van der Waals surface area contributed by atoms with E-state index in [1.54, 1.807) is 6.08 Å². The molecular weight excluding hydrogens is 492 g/mol. The van der Waals surface area contributed by atoms with E-state index in [1.165, 1.54) is 5.56 Å². The first-order valence-electron chi connectivity index (χ1n) is 13.2. The Morgan fingerprint density at radius 2 is 1.82 bits per heavy atom. The molecule has 0 amide bonds. The predicted octanol–water partition coefficient (Wildman–Crippen LogP) is 6.44. The summed E-state index contributed by atoms with van der Waals surface area (Å²) in [6.07, 6.45) is 17.4. The van der Waals surface area contributed by atoms with Crippen LogP contribution in [0.3, 0.4) is 0 Å². The van der Waals surface area contributed by atoms with E-state index in [9.17, 15) is 0 Å². The van der Waals surface area contributed by atoms with Crippen molar-refractivity contribution in [2.75, 3.05) is 32.7 Å². The minimum atomic E-state index is -0.0925. The third-order valence-corrected chi connectivity index (χ3v) is 7.11. The standard InChI is InChI=1S/C31H37ClN6/c1-5-11-25(4)29(24(2)3)38-31(33-34-35-38)30(27-15-9-16-28(32)18-17-27)37-22-20-36(21-23-37)19-10-14-26-12-7-6-8-13-26/h5-8,10-18,30H,1,9,19-23H2,2-4H3/b14-10+,25-11-/t30-/m1/s1. The van der Waals surface area contributed by atoms with E-state index in [1.807, 2.05) is 29.0 Å². The number of tetrazole rings is 1. The summed E-state index contributed by atoms with van der Waals surface area (Å²) in [4.78, 5) is 4.98. The number of aromatic nitrogens is 4. The summed E-state index contributed by atoms with van der Waals surface area (Å²) < 4.78 is 1.90. The van der Waals surface area contributed by atoms with Gasteiger partial charge in [0, 0.05) is 37.8 Å². The van der Waals surface area contributed by atoms with Crippen LogP contribution in [0.4, 0.5) is 0 Å². The van der Waals surface area contributed by atoms with Crippen molar-refractivity contribution in [3.63, 3.8) is 0 Å². The first kappa shape index (κ1) is 27.7. The molecule has 38 heavy (non-hydrogen) atoms. The Labute approximate surface area is 231 Å². The van der Waals surface area contributed by atoms with Gasteiger partial charge in [-0.2, -0.15) is 4.68 Å². The first-order valence-corrected chi connectivity index (χ1v) is 13.5. The van der Waals surface area contributed by atoms with Crippen LogP contribution in [0.2, 0.25) is 0 Å². The van der Waals surface area contributed by atoms with Crippen LogP contribution >= 0.6 is 11.6 Å². The quantitative estimate of drug-likeness (QED) is 0.351. The van der Waals surface area contributed by atoms with Crippen molar-refractivity contribution in [2.45, 2.75) is 33.2 Å². The summed E-state index contributed by atoms with van der Waals surface area (Å²) in [7, 11) is 0. The van der Waals surface area contributed by atoms with Crippen LogP contribution in [0.1, 0.15) is 44.6 Å². The van der Waals surface area contributed by atoms with Crippen LogP contribution in [0, 0.1) is 0 Å². The summed E-state index contributed by atoms with van der Waals surface area (Å²) in [6, 6.07) is 10.4. The number of allylic oxidation sites excluding steroid dienone is 9. The smallest absolute Gasteiger partial charge is 0.178 e. The molecule has 4 rings (SSSR count). The predicted molar refractivity (Wildman–Crippen MR) is 158 cm³/mol. The van der Waals surface area contributed by atoms with Gasteiger partial charge in [0.05, 0.1) is 11.7 Å².